The zero-order valence-electron chi connectivity index (χ0n) is 6.48. The first-order valence-corrected chi connectivity index (χ1v) is 4.83. The van der Waals surface area contributed by atoms with Gasteiger partial charge in [-0.2, -0.15) is 5.26 Å². The summed E-state index contributed by atoms with van der Waals surface area (Å²) in [6.45, 7) is 0. The fraction of sp³-hybridized carbons (Fsp3) is 0. The number of phenolic OH excluding ortho intramolecular Hbond substituents is 1. The standard InChI is InChI=1S/C9H5NOS2/c10-4-5-3-6-8(13-5)2-1-7(12)9(6)11/h1-3,11-12H. The Hall–Kier alpha value is -1.18. The molecule has 0 spiro atoms. The highest BCUT2D eigenvalue weighted by molar-refractivity contribution is 7.80. The molecule has 0 aliphatic rings. The van der Waals surface area contributed by atoms with E-state index in [1.54, 1.807) is 12.1 Å². The summed E-state index contributed by atoms with van der Waals surface area (Å²) in [7, 11) is 0. The maximum absolute atomic E-state index is 9.59. The first-order chi connectivity index (χ1) is 6.22. The van der Waals surface area contributed by atoms with Gasteiger partial charge in [-0.3, -0.25) is 0 Å². The topological polar surface area (TPSA) is 44.0 Å². The molecule has 0 saturated carbocycles. The van der Waals surface area contributed by atoms with E-state index in [9.17, 15) is 5.11 Å². The zero-order valence-corrected chi connectivity index (χ0v) is 8.19. The summed E-state index contributed by atoms with van der Waals surface area (Å²) in [6.07, 6.45) is 0. The second kappa shape index (κ2) is 2.95. The van der Waals surface area contributed by atoms with E-state index >= 15 is 0 Å². The van der Waals surface area contributed by atoms with Crippen molar-refractivity contribution in [2.45, 2.75) is 4.90 Å². The largest absolute Gasteiger partial charge is 0.506 e. The molecule has 13 heavy (non-hydrogen) atoms. The molecule has 2 nitrogen and oxygen atoms in total. The summed E-state index contributed by atoms with van der Waals surface area (Å²) < 4.78 is 0.909. The van der Waals surface area contributed by atoms with Gasteiger partial charge in [0.1, 0.15) is 16.7 Å². The van der Waals surface area contributed by atoms with Crippen LogP contribution in [0.2, 0.25) is 0 Å². The molecule has 0 saturated heterocycles. The van der Waals surface area contributed by atoms with Crippen LogP contribution in [0.25, 0.3) is 10.1 Å². The lowest BCUT2D eigenvalue weighted by Gasteiger charge is -1.96. The highest BCUT2D eigenvalue weighted by Gasteiger charge is 2.07. The minimum atomic E-state index is 0.151. The third kappa shape index (κ3) is 1.26. The normalized spacial score (nSPS) is 10.2. The molecule has 4 heteroatoms. The number of thiol groups is 1. The summed E-state index contributed by atoms with van der Waals surface area (Å²) in [4.78, 5) is 1.14. The lowest BCUT2D eigenvalue weighted by molar-refractivity contribution is 0.469. The van der Waals surface area contributed by atoms with Crippen LogP contribution >= 0.6 is 24.0 Å². The van der Waals surface area contributed by atoms with Gasteiger partial charge in [-0.25, -0.2) is 0 Å². The summed E-state index contributed by atoms with van der Waals surface area (Å²) >= 11 is 5.45. The first kappa shape index (κ1) is 8.42. The zero-order chi connectivity index (χ0) is 9.42. The van der Waals surface area contributed by atoms with Crippen LogP contribution in [0.5, 0.6) is 5.75 Å². The van der Waals surface area contributed by atoms with Crippen molar-refractivity contribution in [2.75, 3.05) is 0 Å². The van der Waals surface area contributed by atoms with Crippen molar-refractivity contribution >= 4 is 34.1 Å². The molecule has 0 aliphatic heterocycles. The van der Waals surface area contributed by atoms with Crippen LogP contribution in [0, 0.1) is 11.3 Å². The lowest BCUT2D eigenvalue weighted by atomic mass is 10.2. The average Bonchev–Trinajstić information content (AvgIpc) is 2.55. The number of hydrogen-bond donors (Lipinski definition) is 2. The smallest absolute Gasteiger partial charge is 0.137 e. The SMILES string of the molecule is N#Cc1cc2c(O)c(S)ccc2s1. The molecule has 0 radical (unpaired) electrons. The van der Waals surface area contributed by atoms with Gasteiger partial charge in [-0.05, 0) is 18.2 Å². The van der Waals surface area contributed by atoms with E-state index in [2.05, 4.69) is 12.6 Å². The Morgan fingerprint density at radius 2 is 2.23 bits per heavy atom. The van der Waals surface area contributed by atoms with E-state index in [0.29, 0.717) is 15.2 Å². The molecule has 0 bridgehead atoms. The van der Waals surface area contributed by atoms with Crippen molar-refractivity contribution in [1.29, 1.82) is 5.26 Å². The third-order valence-electron chi connectivity index (χ3n) is 1.76. The van der Waals surface area contributed by atoms with Crippen LogP contribution in [0.1, 0.15) is 4.88 Å². The molecule has 0 fully saturated rings. The molecule has 0 atom stereocenters. The Morgan fingerprint density at radius 3 is 2.92 bits per heavy atom. The Kier molecular flexibility index (Phi) is 1.91. The predicted molar refractivity (Wildman–Crippen MR) is 55.5 cm³/mol. The molecular formula is C9H5NOS2. The molecule has 2 rings (SSSR count). The Bertz CT molecular complexity index is 510. The molecule has 0 aliphatic carbocycles. The van der Waals surface area contributed by atoms with Gasteiger partial charge in [0.2, 0.25) is 0 Å². The Labute approximate surface area is 84.5 Å². The summed E-state index contributed by atoms with van der Waals surface area (Å²) in [5.74, 6) is 0.151. The van der Waals surface area contributed by atoms with Gasteiger partial charge in [0.15, 0.2) is 0 Å². The van der Waals surface area contributed by atoms with Crippen molar-refractivity contribution < 1.29 is 5.11 Å². The van der Waals surface area contributed by atoms with E-state index < -0.39 is 0 Å². The number of fused-ring (bicyclic) bond motifs is 1. The van der Waals surface area contributed by atoms with Gasteiger partial charge < -0.3 is 5.11 Å². The summed E-state index contributed by atoms with van der Waals surface area (Å²) in [5.41, 5.74) is 0. The second-order valence-electron chi connectivity index (χ2n) is 2.57. The number of nitriles is 1. The number of thiophene rings is 1. The summed E-state index contributed by atoms with van der Waals surface area (Å²) in [6, 6.07) is 7.29. The van der Waals surface area contributed by atoms with Crippen molar-refractivity contribution in [3.05, 3.63) is 23.1 Å². The van der Waals surface area contributed by atoms with Crippen LogP contribution in [0.15, 0.2) is 23.1 Å². The highest BCUT2D eigenvalue weighted by atomic mass is 32.1. The average molecular weight is 207 g/mol. The molecule has 1 heterocycles. The van der Waals surface area contributed by atoms with Crippen LogP contribution < -0.4 is 0 Å². The van der Waals surface area contributed by atoms with Gasteiger partial charge in [0, 0.05) is 15.0 Å². The number of rotatable bonds is 0. The van der Waals surface area contributed by atoms with Gasteiger partial charge in [-0.1, -0.05) is 0 Å². The predicted octanol–water partition coefficient (Wildman–Crippen LogP) is 2.77. The van der Waals surface area contributed by atoms with Crippen LogP contribution in [0.3, 0.4) is 0 Å². The summed E-state index contributed by atoms with van der Waals surface area (Å²) in [5, 5.41) is 18.9. The van der Waals surface area contributed by atoms with E-state index in [-0.39, 0.29) is 5.75 Å². The fourth-order valence-corrected chi connectivity index (χ4v) is 2.20. The fourth-order valence-electron chi connectivity index (χ4n) is 1.14. The van der Waals surface area contributed by atoms with Gasteiger partial charge >= 0.3 is 0 Å². The number of phenols is 1. The first-order valence-electron chi connectivity index (χ1n) is 3.57. The van der Waals surface area contributed by atoms with Gasteiger partial charge in [-0.15, -0.1) is 24.0 Å². The second-order valence-corrected chi connectivity index (χ2v) is 4.13. The maximum Gasteiger partial charge on any atom is 0.137 e. The Balaban J connectivity index is 2.86. The van der Waals surface area contributed by atoms with E-state index in [4.69, 9.17) is 5.26 Å². The van der Waals surface area contributed by atoms with Gasteiger partial charge in [0.05, 0.1) is 0 Å². The minimum Gasteiger partial charge on any atom is -0.506 e. The van der Waals surface area contributed by atoms with Crippen LogP contribution in [-0.4, -0.2) is 5.11 Å². The van der Waals surface area contributed by atoms with Crippen LogP contribution in [0.4, 0.5) is 0 Å². The molecule has 1 N–H and O–H groups in total. The van der Waals surface area contributed by atoms with Crippen molar-refractivity contribution in [3.63, 3.8) is 0 Å². The maximum atomic E-state index is 9.59. The lowest BCUT2D eigenvalue weighted by Crippen LogP contribution is -1.69. The van der Waals surface area contributed by atoms with E-state index in [1.165, 1.54) is 11.3 Å². The minimum absolute atomic E-state index is 0.151. The third-order valence-corrected chi connectivity index (χ3v) is 3.13. The molecule has 1 aromatic carbocycles. The molecule has 1 aromatic heterocycles. The van der Waals surface area contributed by atoms with Gasteiger partial charge in [0.25, 0.3) is 0 Å². The monoisotopic (exact) mass is 207 g/mol. The Morgan fingerprint density at radius 1 is 1.46 bits per heavy atom. The number of hydrogen-bond acceptors (Lipinski definition) is 4. The number of nitrogens with zero attached hydrogens (tertiary/aromatic N) is 1. The molecular weight excluding hydrogens is 202 g/mol. The van der Waals surface area contributed by atoms with E-state index in [1.807, 2.05) is 12.1 Å². The molecule has 0 unspecified atom stereocenters. The van der Waals surface area contributed by atoms with Crippen LogP contribution in [-0.2, 0) is 0 Å². The van der Waals surface area contributed by atoms with Crippen molar-refractivity contribution in [2.24, 2.45) is 0 Å². The van der Waals surface area contributed by atoms with E-state index in [0.717, 1.165) is 4.70 Å². The number of aromatic hydroxyl groups is 1. The number of benzene rings is 1. The molecule has 2 aromatic rings. The van der Waals surface area contributed by atoms with Crippen molar-refractivity contribution in [3.8, 4) is 11.8 Å². The molecule has 0 amide bonds. The highest BCUT2D eigenvalue weighted by Crippen LogP contribution is 2.35. The quantitative estimate of drug-likeness (QED) is 0.652. The van der Waals surface area contributed by atoms with Crippen molar-refractivity contribution in [1.82, 2.24) is 0 Å². The molecule has 64 valence electrons.